The van der Waals surface area contributed by atoms with E-state index >= 15 is 0 Å². The zero-order chi connectivity index (χ0) is 26.9. The lowest BCUT2D eigenvalue weighted by molar-refractivity contribution is -0.126. The number of benzene rings is 3. The maximum Gasteiger partial charge on any atom is 0.291 e. The Labute approximate surface area is 223 Å². The summed E-state index contributed by atoms with van der Waals surface area (Å²) in [6.45, 7) is 2.92. The molecule has 2 amide bonds. The van der Waals surface area contributed by atoms with Crippen molar-refractivity contribution in [2.75, 3.05) is 18.1 Å². The molecule has 1 fully saturated rings. The Morgan fingerprint density at radius 3 is 2.62 bits per heavy atom. The number of carbonyl (C=O) groups is 2. The van der Waals surface area contributed by atoms with Crippen LogP contribution in [-0.4, -0.2) is 36.0 Å². The van der Waals surface area contributed by atoms with E-state index < -0.39 is 28.6 Å². The Kier molecular flexibility index (Phi) is 5.25. The van der Waals surface area contributed by atoms with Gasteiger partial charge in [0.2, 0.25) is 5.76 Å². The van der Waals surface area contributed by atoms with E-state index in [0.29, 0.717) is 17.9 Å². The molecule has 7 rings (SSSR count). The van der Waals surface area contributed by atoms with E-state index in [1.807, 2.05) is 43.3 Å². The first-order chi connectivity index (χ1) is 18.9. The molecule has 0 aliphatic carbocycles. The Hall–Kier alpha value is -4.30. The predicted molar refractivity (Wildman–Crippen MR) is 142 cm³/mol. The summed E-state index contributed by atoms with van der Waals surface area (Å²) in [4.78, 5) is 46.1. The number of hydrogen-bond acceptors (Lipinski definition) is 5. The van der Waals surface area contributed by atoms with Crippen molar-refractivity contribution in [3.8, 4) is 0 Å². The van der Waals surface area contributed by atoms with Crippen LogP contribution in [0.2, 0.25) is 0 Å². The number of anilines is 1. The number of halogens is 1. The average molecular weight is 525 g/mol. The largest absolute Gasteiger partial charge is 0.450 e. The van der Waals surface area contributed by atoms with E-state index in [1.54, 1.807) is 17.0 Å². The van der Waals surface area contributed by atoms with Crippen LogP contribution in [0.3, 0.4) is 0 Å². The number of ether oxygens (including phenoxy) is 1. The molecule has 1 spiro atoms. The van der Waals surface area contributed by atoms with Gasteiger partial charge in [0.05, 0.1) is 29.3 Å². The van der Waals surface area contributed by atoms with Crippen molar-refractivity contribution in [1.29, 1.82) is 0 Å². The Balaban J connectivity index is 1.51. The molecule has 7 nitrogen and oxygen atoms in total. The summed E-state index contributed by atoms with van der Waals surface area (Å²) in [5.41, 5.74) is 0.795. The maximum absolute atomic E-state index is 14.8. The molecule has 0 bridgehead atoms. The van der Waals surface area contributed by atoms with Crippen LogP contribution in [0.25, 0.3) is 11.0 Å². The molecule has 39 heavy (non-hydrogen) atoms. The van der Waals surface area contributed by atoms with Gasteiger partial charge in [-0.05, 0) is 55.2 Å². The fraction of sp³-hybridized carbons (Fsp3) is 0.258. The summed E-state index contributed by atoms with van der Waals surface area (Å²) in [6.07, 6.45) is 1.29. The monoisotopic (exact) mass is 524 g/mol. The van der Waals surface area contributed by atoms with Gasteiger partial charge < -0.3 is 19.0 Å². The first kappa shape index (κ1) is 23.8. The number of aryl methyl sites for hydroxylation is 1. The average Bonchev–Trinajstić information content (AvgIpc) is 3.60. The number of amides is 2. The van der Waals surface area contributed by atoms with Crippen LogP contribution in [-0.2, 0) is 21.6 Å². The van der Waals surface area contributed by atoms with Gasteiger partial charge in [0.25, 0.3) is 11.8 Å². The Bertz CT molecular complexity index is 1740. The summed E-state index contributed by atoms with van der Waals surface area (Å²) in [6, 6.07) is 18.6. The summed E-state index contributed by atoms with van der Waals surface area (Å²) in [5.74, 6) is -1.76. The highest BCUT2D eigenvalue weighted by Gasteiger charge is 2.65. The highest BCUT2D eigenvalue weighted by molar-refractivity contribution is 6.17. The highest BCUT2D eigenvalue weighted by Crippen LogP contribution is 2.53. The first-order valence-electron chi connectivity index (χ1n) is 13.1. The number of nitrogens with zero attached hydrogens (tertiary/aromatic N) is 2. The summed E-state index contributed by atoms with van der Waals surface area (Å²) in [5, 5.41) is -0.0115. The van der Waals surface area contributed by atoms with Gasteiger partial charge in [0.15, 0.2) is 11.0 Å². The van der Waals surface area contributed by atoms with Gasteiger partial charge in [-0.2, -0.15) is 0 Å². The van der Waals surface area contributed by atoms with Gasteiger partial charge in [-0.15, -0.1) is 0 Å². The molecule has 1 aromatic heterocycles. The Morgan fingerprint density at radius 1 is 1.03 bits per heavy atom. The van der Waals surface area contributed by atoms with Crippen LogP contribution in [0, 0.1) is 12.7 Å². The minimum atomic E-state index is -1.75. The zero-order valence-electron chi connectivity index (χ0n) is 21.3. The molecule has 8 heteroatoms. The SMILES string of the molecule is Cc1ccccc1CN1C(=O)C2(c3ccccc31)c1c(oc3ccc(F)cc3c1=O)C(=O)N2CC1CCCO1. The Morgan fingerprint density at radius 2 is 1.82 bits per heavy atom. The van der Waals surface area contributed by atoms with E-state index in [9.17, 15) is 18.8 Å². The lowest BCUT2D eigenvalue weighted by Gasteiger charge is -2.35. The van der Waals surface area contributed by atoms with E-state index in [2.05, 4.69) is 0 Å². The molecule has 3 aromatic carbocycles. The molecule has 196 valence electrons. The van der Waals surface area contributed by atoms with Crippen LogP contribution >= 0.6 is 0 Å². The predicted octanol–water partition coefficient (Wildman–Crippen LogP) is 4.67. The number of hydrogen-bond donors (Lipinski definition) is 0. The number of fused-ring (bicyclic) bond motifs is 5. The second-order valence-electron chi connectivity index (χ2n) is 10.4. The molecule has 0 N–H and O–H groups in total. The molecule has 3 aliphatic rings. The number of rotatable bonds is 4. The lowest BCUT2D eigenvalue weighted by atomic mass is 9.83. The third kappa shape index (κ3) is 3.27. The van der Waals surface area contributed by atoms with E-state index in [4.69, 9.17) is 9.15 Å². The minimum absolute atomic E-state index is 0.0115. The van der Waals surface area contributed by atoms with Crippen LogP contribution in [0.5, 0.6) is 0 Å². The van der Waals surface area contributed by atoms with Crippen molar-refractivity contribution in [1.82, 2.24) is 4.90 Å². The quantitative estimate of drug-likeness (QED) is 0.388. The summed E-state index contributed by atoms with van der Waals surface area (Å²) >= 11 is 0. The number of para-hydroxylation sites is 1. The molecule has 2 atom stereocenters. The van der Waals surface area contributed by atoms with Gasteiger partial charge in [-0.1, -0.05) is 42.5 Å². The molecule has 0 saturated carbocycles. The summed E-state index contributed by atoms with van der Waals surface area (Å²) in [7, 11) is 0. The van der Waals surface area contributed by atoms with Gasteiger partial charge in [-0.25, -0.2) is 4.39 Å². The van der Waals surface area contributed by atoms with Crippen molar-refractivity contribution in [3.63, 3.8) is 0 Å². The van der Waals surface area contributed by atoms with Crippen molar-refractivity contribution >= 4 is 28.5 Å². The molecule has 2 unspecified atom stereocenters. The van der Waals surface area contributed by atoms with Gasteiger partial charge in [-0.3, -0.25) is 14.4 Å². The van der Waals surface area contributed by atoms with E-state index in [-0.39, 0.29) is 41.5 Å². The topological polar surface area (TPSA) is 80.1 Å². The second-order valence-corrected chi connectivity index (χ2v) is 10.4. The molecular formula is C31H25FN2O5. The summed E-state index contributed by atoms with van der Waals surface area (Å²) < 4.78 is 26.1. The minimum Gasteiger partial charge on any atom is -0.450 e. The van der Waals surface area contributed by atoms with Crippen molar-refractivity contribution < 1.29 is 23.1 Å². The fourth-order valence-electron chi connectivity index (χ4n) is 6.32. The first-order valence-corrected chi connectivity index (χ1v) is 13.1. The number of carbonyl (C=O) groups excluding carboxylic acids is 2. The third-order valence-electron chi connectivity index (χ3n) is 8.20. The maximum atomic E-state index is 14.8. The molecule has 4 heterocycles. The van der Waals surface area contributed by atoms with Crippen molar-refractivity contribution in [2.45, 2.75) is 38.0 Å². The van der Waals surface area contributed by atoms with Gasteiger partial charge in [0, 0.05) is 18.7 Å². The smallest absolute Gasteiger partial charge is 0.291 e. The fourth-order valence-corrected chi connectivity index (χ4v) is 6.32. The molecular weight excluding hydrogens is 499 g/mol. The van der Waals surface area contributed by atoms with Crippen LogP contribution in [0.4, 0.5) is 10.1 Å². The molecule has 4 aromatic rings. The molecule has 3 aliphatic heterocycles. The standard InChI is InChI=1S/C31H25FN2O5/c1-18-7-2-3-8-19(18)16-33-24-11-5-4-10-23(24)31(30(33)37)26-27(35)22-15-20(32)12-13-25(22)39-28(26)29(36)34(31)17-21-9-6-14-38-21/h2-5,7-8,10-13,15,21H,6,9,14,16-17H2,1H3. The van der Waals surface area contributed by atoms with Crippen LogP contribution in [0.1, 0.15) is 45.7 Å². The van der Waals surface area contributed by atoms with Gasteiger partial charge in [0.1, 0.15) is 11.4 Å². The zero-order valence-corrected chi connectivity index (χ0v) is 21.3. The van der Waals surface area contributed by atoms with E-state index in [1.165, 1.54) is 17.0 Å². The highest BCUT2D eigenvalue weighted by atomic mass is 19.1. The van der Waals surface area contributed by atoms with Crippen molar-refractivity contribution in [2.24, 2.45) is 0 Å². The van der Waals surface area contributed by atoms with Crippen LogP contribution < -0.4 is 10.3 Å². The van der Waals surface area contributed by atoms with Gasteiger partial charge >= 0.3 is 0 Å². The molecule has 0 radical (unpaired) electrons. The molecule has 1 saturated heterocycles. The normalized spacial score (nSPS) is 21.8. The van der Waals surface area contributed by atoms with Crippen molar-refractivity contribution in [3.05, 3.63) is 111 Å². The van der Waals surface area contributed by atoms with Crippen LogP contribution in [0.15, 0.2) is 75.9 Å². The second kappa shape index (κ2) is 8.61. The third-order valence-corrected chi connectivity index (χ3v) is 8.20. The lowest BCUT2D eigenvalue weighted by Crippen LogP contribution is -2.55. The van der Waals surface area contributed by atoms with E-state index in [0.717, 1.165) is 30.0 Å².